The normalized spacial score (nSPS) is 10.7. The van der Waals surface area contributed by atoms with Gasteiger partial charge in [-0.2, -0.15) is 0 Å². The van der Waals surface area contributed by atoms with Gasteiger partial charge in [-0.3, -0.25) is 5.10 Å². The minimum Gasteiger partial charge on any atom is -0.368 e. The number of halogens is 2. The molecular formula is C10H11F2N5S. The molecule has 0 aliphatic carbocycles. The first kappa shape index (κ1) is 12.7. The summed E-state index contributed by atoms with van der Waals surface area (Å²) in [6.07, 6.45) is 0. The second-order valence-electron chi connectivity index (χ2n) is 3.44. The van der Waals surface area contributed by atoms with Gasteiger partial charge >= 0.3 is 0 Å². The molecule has 0 fully saturated rings. The van der Waals surface area contributed by atoms with Crippen LogP contribution < -0.4 is 5.32 Å². The molecule has 0 amide bonds. The molecule has 0 saturated heterocycles. The van der Waals surface area contributed by atoms with E-state index in [0.717, 1.165) is 17.8 Å². The van der Waals surface area contributed by atoms with E-state index in [9.17, 15) is 8.78 Å². The van der Waals surface area contributed by atoms with Crippen LogP contribution in [0.15, 0.2) is 16.2 Å². The van der Waals surface area contributed by atoms with E-state index < -0.39 is 11.6 Å². The maximum absolute atomic E-state index is 13.5. The number of nitrogens with zero attached hydrogens (tertiary/aromatic N) is 3. The fraction of sp³-hybridized carbons (Fsp3) is 0.300. The third-order valence-corrected chi connectivity index (χ3v) is 2.85. The lowest BCUT2D eigenvalue weighted by Crippen LogP contribution is -2.04. The van der Waals surface area contributed by atoms with Gasteiger partial charge in [0.05, 0.1) is 0 Å². The quantitative estimate of drug-likeness (QED) is 0.893. The molecule has 0 radical (unpaired) electrons. The van der Waals surface area contributed by atoms with Crippen molar-refractivity contribution in [2.75, 3.05) is 11.9 Å². The van der Waals surface area contributed by atoms with Crippen molar-refractivity contribution in [1.29, 1.82) is 0 Å². The maximum Gasteiger partial charge on any atom is 0.214 e. The van der Waals surface area contributed by atoms with Gasteiger partial charge in [-0.25, -0.2) is 18.7 Å². The standard InChI is InChI=1S/C10H11F2N5S/c1-3-13-8-6(11)4-7(12)9(15-8)18-10-14-5(2)16-17-10/h4H,3H2,1-2H3,(H,13,15)(H,14,16,17). The van der Waals surface area contributed by atoms with Crippen molar-refractivity contribution < 1.29 is 8.78 Å². The van der Waals surface area contributed by atoms with Gasteiger partial charge in [0, 0.05) is 12.6 Å². The summed E-state index contributed by atoms with van der Waals surface area (Å²) in [7, 11) is 0. The predicted molar refractivity (Wildman–Crippen MR) is 63.6 cm³/mol. The van der Waals surface area contributed by atoms with Crippen molar-refractivity contribution >= 4 is 17.6 Å². The third kappa shape index (κ3) is 2.76. The van der Waals surface area contributed by atoms with Crippen LogP contribution in [0.4, 0.5) is 14.6 Å². The number of rotatable bonds is 4. The van der Waals surface area contributed by atoms with E-state index in [2.05, 4.69) is 25.5 Å². The minimum atomic E-state index is -0.735. The van der Waals surface area contributed by atoms with E-state index in [1.54, 1.807) is 13.8 Å². The van der Waals surface area contributed by atoms with Gasteiger partial charge in [0.1, 0.15) is 10.9 Å². The van der Waals surface area contributed by atoms with E-state index in [1.165, 1.54) is 0 Å². The molecule has 2 rings (SSSR count). The minimum absolute atomic E-state index is 0.0219. The summed E-state index contributed by atoms with van der Waals surface area (Å²) in [5.74, 6) is -0.813. The smallest absolute Gasteiger partial charge is 0.214 e. The summed E-state index contributed by atoms with van der Waals surface area (Å²) in [4.78, 5) is 7.89. The molecule has 2 aromatic heterocycles. The third-order valence-electron chi connectivity index (χ3n) is 2.01. The van der Waals surface area contributed by atoms with Gasteiger partial charge in [0.15, 0.2) is 17.5 Å². The van der Waals surface area contributed by atoms with Crippen LogP contribution in [-0.2, 0) is 0 Å². The highest BCUT2D eigenvalue weighted by Gasteiger charge is 2.14. The molecule has 0 unspecified atom stereocenters. The van der Waals surface area contributed by atoms with Gasteiger partial charge in [0.25, 0.3) is 0 Å². The maximum atomic E-state index is 13.5. The number of H-pyrrole nitrogens is 1. The fourth-order valence-corrected chi connectivity index (χ4v) is 2.01. The molecule has 5 nitrogen and oxygen atoms in total. The summed E-state index contributed by atoms with van der Waals surface area (Å²) >= 11 is 0.938. The number of nitrogens with one attached hydrogen (secondary N) is 2. The topological polar surface area (TPSA) is 66.5 Å². The van der Waals surface area contributed by atoms with Gasteiger partial charge in [-0.05, 0) is 25.6 Å². The van der Waals surface area contributed by atoms with Crippen LogP contribution >= 0.6 is 11.8 Å². The molecule has 18 heavy (non-hydrogen) atoms. The molecule has 0 atom stereocenters. The summed E-state index contributed by atoms with van der Waals surface area (Å²) in [5.41, 5.74) is 0. The number of aryl methyl sites for hydroxylation is 1. The number of anilines is 1. The Balaban J connectivity index is 2.29. The first-order valence-corrected chi connectivity index (χ1v) is 6.08. The van der Waals surface area contributed by atoms with E-state index in [4.69, 9.17) is 0 Å². The average molecular weight is 271 g/mol. The van der Waals surface area contributed by atoms with E-state index >= 15 is 0 Å². The molecule has 0 bridgehead atoms. The number of aromatic amines is 1. The average Bonchev–Trinajstić information content (AvgIpc) is 2.71. The van der Waals surface area contributed by atoms with Gasteiger partial charge in [-0.1, -0.05) is 0 Å². The molecule has 0 aliphatic rings. The Morgan fingerprint density at radius 3 is 2.72 bits per heavy atom. The Morgan fingerprint density at radius 1 is 1.33 bits per heavy atom. The Labute approximate surface area is 106 Å². The highest BCUT2D eigenvalue weighted by Crippen LogP contribution is 2.27. The molecule has 2 heterocycles. The second-order valence-corrected chi connectivity index (χ2v) is 4.40. The number of aromatic nitrogens is 4. The van der Waals surface area contributed by atoms with Crippen molar-refractivity contribution in [2.24, 2.45) is 0 Å². The largest absolute Gasteiger partial charge is 0.368 e. The number of hydrogen-bond acceptors (Lipinski definition) is 5. The first-order valence-electron chi connectivity index (χ1n) is 5.27. The molecular weight excluding hydrogens is 260 g/mol. The van der Waals surface area contributed by atoms with Crippen LogP contribution in [0.1, 0.15) is 12.7 Å². The van der Waals surface area contributed by atoms with Gasteiger partial charge in [0.2, 0.25) is 5.16 Å². The molecule has 2 aromatic rings. The monoisotopic (exact) mass is 271 g/mol. The Hall–Kier alpha value is -1.70. The zero-order chi connectivity index (χ0) is 13.1. The molecule has 0 spiro atoms. The summed E-state index contributed by atoms with van der Waals surface area (Å²) in [5, 5.41) is 9.59. The predicted octanol–water partition coefficient (Wildman–Crippen LogP) is 2.37. The SMILES string of the molecule is CCNc1nc(Sc2n[nH]c(C)n2)c(F)cc1F. The number of pyridine rings is 1. The van der Waals surface area contributed by atoms with Crippen molar-refractivity contribution in [3.8, 4) is 0 Å². The second kappa shape index (κ2) is 5.30. The van der Waals surface area contributed by atoms with E-state index in [-0.39, 0.29) is 10.8 Å². The lowest BCUT2D eigenvalue weighted by Gasteiger charge is -2.06. The van der Waals surface area contributed by atoms with Gasteiger partial charge in [-0.15, -0.1) is 5.10 Å². The molecule has 0 aliphatic heterocycles. The zero-order valence-corrected chi connectivity index (χ0v) is 10.6. The van der Waals surface area contributed by atoms with Crippen LogP contribution in [0.25, 0.3) is 0 Å². The van der Waals surface area contributed by atoms with Crippen LogP contribution in [0.2, 0.25) is 0 Å². The lowest BCUT2D eigenvalue weighted by atomic mass is 10.4. The van der Waals surface area contributed by atoms with Crippen LogP contribution in [-0.4, -0.2) is 26.7 Å². The first-order chi connectivity index (χ1) is 8.60. The summed E-state index contributed by atoms with van der Waals surface area (Å²) in [6, 6.07) is 0.798. The molecule has 2 N–H and O–H groups in total. The zero-order valence-electron chi connectivity index (χ0n) is 9.79. The van der Waals surface area contributed by atoms with Crippen LogP contribution in [0.5, 0.6) is 0 Å². The van der Waals surface area contributed by atoms with E-state index in [0.29, 0.717) is 17.5 Å². The summed E-state index contributed by atoms with van der Waals surface area (Å²) in [6.45, 7) is 4.03. The van der Waals surface area contributed by atoms with Crippen LogP contribution in [0, 0.1) is 18.6 Å². The lowest BCUT2D eigenvalue weighted by molar-refractivity contribution is 0.551. The van der Waals surface area contributed by atoms with Crippen molar-refractivity contribution in [1.82, 2.24) is 20.2 Å². The van der Waals surface area contributed by atoms with E-state index in [1.807, 2.05) is 0 Å². The van der Waals surface area contributed by atoms with Crippen molar-refractivity contribution in [2.45, 2.75) is 24.0 Å². The Kier molecular flexibility index (Phi) is 3.75. The van der Waals surface area contributed by atoms with Crippen molar-refractivity contribution in [3.63, 3.8) is 0 Å². The van der Waals surface area contributed by atoms with Crippen molar-refractivity contribution in [3.05, 3.63) is 23.5 Å². The molecule has 8 heteroatoms. The molecule has 96 valence electrons. The van der Waals surface area contributed by atoms with Crippen LogP contribution in [0.3, 0.4) is 0 Å². The highest BCUT2D eigenvalue weighted by molar-refractivity contribution is 7.99. The summed E-state index contributed by atoms with van der Waals surface area (Å²) < 4.78 is 26.9. The molecule has 0 saturated carbocycles. The highest BCUT2D eigenvalue weighted by atomic mass is 32.2. The van der Waals surface area contributed by atoms with Gasteiger partial charge < -0.3 is 5.32 Å². The Morgan fingerprint density at radius 2 is 2.11 bits per heavy atom. The Bertz CT molecular complexity index is 557. The fourth-order valence-electron chi connectivity index (χ4n) is 1.27. The molecule has 0 aromatic carbocycles. The number of hydrogen-bond donors (Lipinski definition) is 2.